The van der Waals surface area contributed by atoms with Crippen LogP contribution in [0.3, 0.4) is 0 Å². The summed E-state index contributed by atoms with van der Waals surface area (Å²) in [7, 11) is 1.98. The molecule has 0 saturated carbocycles. The summed E-state index contributed by atoms with van der Waals surface area (Å²) >= 11 is 0. The second-order valence-corrected chi connectivity index (χ2v) is 4.78. The average molecular weight is 262 g/mol. The first-order valence-corrected chi connectivity index (χ1v) is 6.35. The highest BCUT2D eigenvalue weighted by molar-refractivity contribution is 5.19. The number of rotatable bonds is 5. The molecule has 2 rings (SSSR count). The van der Waals surface area contributed by atoms with Crippen molar-refractivity contribution in [1.29, 1.82) is 0 Å². The van der Waals surface area contributed by atoms with Crippen LogP contribution in [0, 0.1) is 5.82 Å². The molecule has 0 aliphatic rings. The summed E-state index contributed by atoms with van der Waals surface area (Å²) in [5, 5.41) is 13.5. The molecule has 0 aliphatic carbocycles. The molecule has 0 bridgehead atoms. The Labute approximate surface area is 112 Å². The summed E-state index contributed by atoms with van der Waals surface area (Å²) in [4.78, 5) is 0. The molecular weight excluding hydrogens is 243 g/mol. The van der Waals surface area contributed by atoms with Crippen LogP contribution in [-0.2, 0) is 13.6 Å². The van der Waals surface area contributed by atoms with Crippen molar-refractivity contribution in [3.8, 4) is 0 Å². The van der Waals surface area contributed by atoms with E-state index in [-0.39, 0.29) is 11.9 Å². The van der Waals surface area contributed by atoms with Crippen LogP contribution in [0.2, 0.25) is 0 Å². The van der Waals surface area contributed by atoms with Gasteiger partial charge in [0.1, 0.15) is 5.82 Å². The van der Waals surface area contributed by atoms with Gasteiger partial charge in [0, 0.05) is 31.5 Å². The van der Waals surface area contributed by atoms with Crippen LogP contribution in [0.1, 0.15) is 24.3 Å². The van der Waals surface area contributed by atoms with E-state index in [4.69, 9.17) is 0 Å². The summed E-state index contributed by atoms with van der Waals surface area (Å²) in [5.41, 5.74) is 1.87. The molecule has 0 fully saturated rings. The summed E-state index contributed by atoms with van der Waals surface area (Å²) in [5.74, 6) is -0.291. The fraction of sp³-hybridized carbons (Fsp3) is 0.333. The van der Waals surface area contributed by atoms with E-state index in [1.807, 2.05) is 36.9 Å². The Morgan fingerprint density at radius 2 is 1.95 bits per heavy atom. The lowest BCUT2D eigenvalue weighted by atomic mass is 10.0. The number of benzene rings is 1. The number of nitrogens with one attached hydrogen (secondary N) is 1. The van der Waals surface area contributed by atoms with Crippen molar-refractivity contribution >= 4 is 0 Å². The lowest BCUT2D eigenvalue weighted by molar-refractivity contribution is 0.135. The van der Waals surface area contributed by atoms with Gasteiger partial charge in [-0.15, -0.1) is 0 Å². The van der Waals surface area contributed by atoms with Crippen molar-refractivity contribution in [3.63, 3.8) is 0 Å². The first-order valence-electron chi connectivity index (χ1n) is 6.35. The van der Waals surface area contributed by atoms with Crippen molar-refractivity contribution < 1.29 is 9.50 Å². The van der Waals surface area contributed by atoms with Crippen LogP contribution in [0.4, 0.5) is 4.39 Å². The van der Waals surface area contributed by atoms with Crippen molar-refractivity contribution in [2.45, 2.75) is 25.6 Å². The van der Waals surface area contributed by atoms with Gasteiger partial charge < -0.3 is 15.0 Å². The lowest BCUT2D eigenvalue weighted by Gasteiger charge is -2.21. The lowest BCUT2D eigenvalue weighted by Crippen LogP contribution is -2.32. The Balaban J connectivity index is 1.94. The van der Waals surface area contributed by atoms with Crippen LogP contribution in [0.25, 0.3) is 0 Å². The van der Waals surface area contributed by atoms with Crippen LogP contribution in [0.15, 0.2) is 42.6 Å². The van der Waals surface area contributed by atoms with E-state index in [0.717, 1.165) is 5.69 Å². The van der Waals surface area contributed by atoms with Gasteiger partial charge in [-0.3, -0.25) is 0 Å². The van der Waals surface area contributed by atoms with Crippen molar-refractivity contribution in [1.82, 2.24) is 9.88 Å². The molecule has 1 aromatic heterocycles. The van der Waals surface area contributed by atoms with Crippen LogP contribution >= 0.6 is 0 Å². The van der Waals surface area contributed by atoms with Gasteiger partial charge in [-0.05, 0) is 36.8 Å². The van der Waals surface area contributed by atoms with Gasteiger partial charge in [0.25, 0.3) is 0 Å². The first-order chi connectivity index (χ1) is 9.08. The summed E-state index contributed by atoms with van der Waals surface area (Å²) in [6.07, 6.45) is 1.33. The molecule has 0 saturated heterocycles. The Kier molecular flexibility index (Phi) is 4.35. The Morgan fingerprint density at radius 1 is 1.26 bits per heavy atom. The van der Waals surface area contributed by atoms with Gasteiger partial charge in [0.15, 0.2) is 0 Å². The molecular formula is C15H19FN2O. The highest BCUT2D eigenvalue weighted by Crippen LogP contribution is 2.17. The van der Waals surface area contributed by atoms with E-state index in [9.17, 15) is 9.50 Å². The standard InChI is InChI=1S/C15H19FN2O/c1-11(17-10-14-4-3-9-18(14)2)15(19)12-5-7-13(16)8-6-12/h3-9,11,15,17,19H,10H2,1-2H3. The largest absolute Gasteiger partial charge is 0.387 e. The minimum atomic E-state index is -0.652. The minimum absolute atomic E-state index is 0.111. The Morgan fingerprint density at radius 3 is 2.53 bits per heavy atom. The quantitative estimate of drug-likeness (QED) is 0.868. The number of nitrogens with zero attached hydrogens (tertiary/aromatic N) is 1. The molecule has 1 heterocycles. The minimum Gasteiger partial charge on any atom is -0.387 e. The van der Waals surface area contributed by atoms with Crippen LogP contribution in [-0.4, -0.2) is 15.7 Å². The maximum absolute atomic E-state index is 12.8. The molecule has 2 atom stereocenters. The highest BCUT2D eigenvalue weighted by atomic mass is 19.1. The predicted octanol–water partition coefficient (Wildman–Crippen LogP) is 2.38. The number of aryl methyl sites for hydroxylation is 1. The van der Waals surface area contributed by atoms with E-state index in [1.165, 1.54) is 12.1 Å². The van der Waals surface area contributed by atoms with Gasteiger partial charge in [-0.2, -0.15) is 0 Å². The van der Waals surface area contributed by atoms with E-state index in [1.54, 1.807) is 12.1 Å². The summed E-state index contributed by atoms with van der Waals surface area (Å²) in [6.45, 7) is 2.60. The van der Waals surface area contributed by atoms with Gasteiger partial charge in [0.2, 0.25) is 0 Å². The highest BCUT2D eigenvalue weighted by Gasteiger charge is 2.16. The molecule has 102 valence electrons. The SMILES string of the molecule is CC(NCc1cccn1C)C(O)c1ccc(F)cc1. The van der Waals surface area contributed by atoms with E-state index in [2.05, 4.69) is 5.32 Å². The zero-order valence-corrected chi connectivity index (χ0v) is 11.2. The summed E-state index contributed by atoms with van der Waals surface area (Å²) < 4.78 is 14.9. The average Bonchev–Trinajstić information content (AvgIpc) is 2.81. The first kappa shape index (κ1) is 13.8. The Bertz CT molecular complexity index is 521. The molecule has 0 amide bonds. The zero-order chi connectivity index (χ0) is 13.8. The number of hydrogen-bond donors (Lipinski definition) is 2. The molecule has 0 aliphatic heterocycles. The third kappa shape index (κ3) is 3.43. The predicted molar refractivity (Wildman–Crippen MR) is 73.1 cm³/mol. The molecule has 2 aromatic rings. The Hall–Kier alpha value is -1.65. The van der Waals surface area contributed by atoms with Gasteiger partial charge in [-0.1, -0.05) is 12.1 Å². The third-order valence-electron chi connectivity index (χ3n) is 3.34. The van der Waals surface area contributed by atoms with Crippen molar-refractivity contribution in [2.75, 3.05) is 0 Å². The molecule has 19 heavy (non-hydrogen) atoms. The van der Waals surface area contributed by atoms with Gasteiger partial charge in [-0.25, -0.2) is 4.39 Å². The molecule has 0 spiro atoms. The molecule has 1 aromatic carbocycles. The van der Waals surface area contributed by atoms with Crippen LogP contribution < -0.4 is 5.32 Å². The van der Waals surface area contributed by atoms with Gasteiger partial charge in [0.05, 0.1) is 6.10 Å². The van der Waals surface area contributed by atoms with Crippen LogP contribution in [0.5, 0.6) is 0 Å². The number of hydrogen-bond acceptors (Lipinski definition) is 2. The smallest absolute Gasteiger partial charge is 0.123 e. The summed E-state index contributed by atoms with van der Waals surface area (Å²) in [6, 6.07) is 9.86. The second-order valence-electron chi connectivity index (χ2n) is 4.78. The van der Waals surface area contributed by atoms with E-state index in [0.29, 0.717) is 12.1 Å². The molecule has 2 unspecified atom stereocenters. The fourth-order valence-corrected chi connectivity index (χ4v) is 2.01. The molecule has 4 heteroatoms. The molecule has 0 radical (unpaired) electrons. The maximum atomic E-state index is 12.8. The van der Waals surface area contributed by atoms with Gasteiger partial charge >= 0.3 is 0 Å². The van der Waals surface area contributed by atoms with Crippen molar-refractivity contribution in [2.24, 2.45) is 7.05 Å². The van der Waals surface area contributed by atoms with E-state index < -0.39 is 6.10 Å². The monoisotopic (exact) mass is 262 g/mol. The van der Waals surface area contributed by atoms with Crippen molar-refractivity contribution in [3.05, 3.63) is 59.7 Å². The molecule has 2 N–H and O–H groups in total. The van der Waals surface area contributed by atoms with E-state index >= 15 is 0 Å². The topological polar surface area (TPSA) is 37.2 Å². The number of aliphatic hydroxyl groups is 1. The fourth-order valence-electron chi connectivity index (χ4n) is 2.01. The number of aliphatic hydroxyl groups excluding tert-OH is 1. The maximum Gasteiger partial charge on any atom is 0.123 e. The molecule has 3 nitrogen and oxygen atoms in total. The third-order valence-corrected chi connectivity index (χ3v) is 3.34. The second kappa shape index (κ2) is 5.99. The number of halogens is 1. The number of aromatic nitrogens is 1. The zero-order valence-electron chi connectivity index (χ0n) is 11.2. The normalized spacial score (nSPS) is 14.3.